The third-order valence-electron chi connectivity index (χ3n) is 4.89. The molecule has 162 valence electrons. The van der Waals surface area contributed by atoms with Crippen LogP contribution in [0.4, 0.5) is 26.2 Å². The molecule has 0 unspecified atom stereocenters. The van der Waals surface area contributed by atoms with Gasteiger partial charge < -0.3 is 25.4 Å². The van der Waals surface area contributed by atoms with E-state index in [1.54, 1.807) is 42.5 Å². The SMILES string of the molecule is COc1cc2c(cc1OC)/C(=C\c1ccc(NC(=O)Nc3ccc(F)cc3)cc1)C(=O)N2. The second-order valence-corrected chi connectivity index (χ2v) is 6.97. The Hall–Kier alpha value is -4.33. The van der Waals surface area contributed by atoms with Crippen LogP contribution in [-0.2, 0) is 4.79 Å². The minimum Gasteiger partial charge on any atom is -0.493 e. The molecule has 0 spiro atoms. The summed E-state index contributed by atoms with van der Waals surface area (Å²) in [6.45, 7) is 0. The highest BCUT2D eigenvalue weighted by atomic mass is 19.1. The fourth-order valence-electron chi connectivity index (χ4n) is 3.32. The standard InChI is InChI=1S/C24H20FN3O4/c1-31-21-12-18-19(23(29)28-20(18)13-22(21)32-2)11-14-3-7-16(8-4-14)26-24(30)27-17-9-5-15(25)6-10-17/h3-13H,1-2H3,(H,28,29)(H2,26,27,30)/b19-11+. The molecule has 0 saturated carbocycles. The number of halogens is 1. The van der Waals surface area contributed by atoms with Crippen molar-refractivity contribution in [2.45, 2.75) is 0 Å². The van der Waals surface area contributed by atoms with E-state index in [9.17, 15) is 14.0 Å². The maximum absolute atomic E-state index is 13.0. The summed E-state index contributed by atoms with van der Waals surface area (Å²) in [5.41, 5.74) is 3.68. The predicted octanol–water partition coefficient (Wildman–Crippen LogP) is 4.98. The summed E-state index contributed by atoms with van der Waals surface area (Å²) in [4.78, 5) is 24.6. The van der Waals surface area contributed by atoms with Gasteiger partial charge in [0.2, 0.25) is 0 Å². The summed E-state index contributed by atoms with van der Waals surface area (Å²) in [5, 5.41) is 8.15. The molecule has 4 rings (SSSR count). The van der Waals surface area contributed by atoms with Crippen molar-refractivity contribution in [2.75, 3.05) is 30.2 Å². The summed E-state index contributed by atoms with van der Waals surface area (Å²) in [6.07, 6.45) is 1.76. The molecule has 0 aliphatic carbocycles. The normalized spacial score (nSPS) is 13.3. The Kier molecular flexibility index (Phi) is 5.76. The van der Waals surface area contributed by atoms with E-state index in [1.807, 2.05) is 0 Å². The maximum atomic E-state index is 13.0. The van der Waals surface area contributed by atoms with Crippen molar-refractivity contribution in [1.29, 1.82) is 0 Å². The molecule has 0 atom stereocenters. The summed E-state index contributed by atoms with van der Waals surface area (Å²) in [6, 6.07) is 15.5. The molecule has 0 fully saturated rings. The molecule has 1 heterocycles. The molecular formula is C24H20FN3O4. The Balaban J connectivity index is 1.49. The van der Waals surface area contributed by atoms with Gasteiger partial charge in [0.15, 0.2) is 11.5 Å². The van der Waals surface area contributed by atoms with Crippen molar-refractivity contribution in [2.24, 2.45) is 0 Å². The van der Waals surface area contributed by atoms with Crippen LogP contribution in [-0.4, -0.2) is 26.2 Å². The average Bonchev–Trinajstić information content (AvgIpc) is 3.09. The van der Waals surface area contributed by atoms with Crippen molar-refractivity contribution in [3.05, 3.63) is 77.6 Å². The molecule has 3 amide bonds. The van der Waals surface area contributed by atoms with E-state index in [0.29, 0.717) is 39.7 Å². The number of amides is 3. The highest BCUT2D eigenvalue weighted by Crippen LogP contribution is 2.41. The zero-order valence-electron chi connectivity index (χ0n) is 17.4. The average molecular weight is 433 g/mol. The molecule has 32 heavy (non-hydrogen) atoms. The van der Waals surface area contributed by atoms with Crippen molar-refractivity contribution in [1.82, 2.24) is 0 Å². The number of rotatable bonds is 5. The lowest BCUT2D eigenvalue weighted by Gasteiger charge is -2.09. The topological polar surface area (TPSA) is 88.7 Å². The molecule has 8 heteroatoms. The number of hydrogen-bond donors (Lipinski definition) is 3. The van der Waals surface area contributed by atoms with Crippen LogP contribution in [0.3, 0.4) is 0 Å². The molecule has 0 radical (unpaired) electrons. The van der Waals surface area contributed by atoms with Gasteiger partial charge in [-0.15, -0.1) is 0 Å². The highest BCUT2D eigenvalue weighted by Gasteiger charge is 2.26. The van der Waals surface area contributed by atoms with E-state index >= 15 is 0 Å². The largest absolute Gasteiger partial charge is 0.493 e. The number of hydrogen-bond acceptors (Lipinski definition) is 4. The lowest BCUT2D eigenvalue weighted by molar-refractivity contribution is -0.110. The van der Waals surface area contributed by atoms with Gasteiger partial charge in [0.1, 0.15) is 5.82 Å². The fraction of sp³-hybridized carbons (Fsp3) is 0.0833. The Morgan fingerprint density at radius 2 is 1.47 bits per heavy atom. The first kappa shape index (κ1) is 20.9. The fourth-order valence-corrected chi connectivity index (χ4v) is 3.32. The van der Waals surface area contributed by atoms with Gasteiger partial charge in [-0.2, -0.15) is 0 Å². The van der Waals surface area contributed by atoms with Crippen LogP contribution in [0.5, 0.6) is 11.5 Å². The first-order valence-corrected chi connectivity index (χ1v) is 9.70. The maximum Gasteiger partial charge on any atom is 0.323 e. The van der Waals surface area contributed by atoms with Crippen molar-refractivity contribution in [3.8, 4) is 11.5 Å². The Morgan fingerprint density at radius 3 is 2.06 bits per heavy atom. The third kappa shape index (κ3) is 4.39. The van der Waals surface area contributed by atoms with Crippen LogP contribution in [0.1, 0.15) is 11.1 Å². The second-order valence-electron chi connectivity index (χ2n) is 6.97. The first-order valence-electron chi connectivity index (χ1n) is 9.70. The van der Waals surface area contributed by atoms with Crippen molar-refractivity contribution >= 4 is 40.6 Å². The summed E-state index contributed by atoms with van der Waals surface area (Å²) < 4.78 is 23.6. The minimum atomic E-state index is -0.451. The van der Waals surface area contributed by atoms with Crippen molar-refractivity contribution < 1.29 is 23.5 Å². The van der Waals surface area contributed by atoms with Crippen LogP contribution in [0.2, 0.25) is 0 Å². The van der Waals surface area contributed by atoms with Gasteiger partial charge in [0, 0.05) is 28.6 Å². The predicted molar refractivity (Wildman–Crippen MR) is 122 cm³/mol. The van der Waals surface area contributed by atoms with Gasteiger partial charge in [-0.3, -0.25) is 4.79 Å². The molecule has 1 aliphatic rings. The smallest absolute Gasteiger partial charge is 0.323 e. The van der Waals surface area contributed by atoms with Gasteiger partial charge in [-0.25, -0.2) is 9.18 Å². The molecule has 3 aromatic carbocycles. The second kappa shape index (κ2) is 8.81. The van der Waals surface area contributed by atoms with E-state index in [0.717, 1.165) is 5.56 Å². The molecule has 1 aliphatic heterocycles. The van der Waals surface area contributed by atoms with Crippen LogP contribution in [0.25, 0.3) is 11.6 Å². The summed E-state index contributed by atoms with van der Waals surface area (Å²) in [5.74, 6) is 0.454. The van der Waals surface area contributed by atoms with Crippen LogP contribution in [0, 0.1) is 5.82 Å². The molecular weight excluding hydrogens is 413 g/mol. The number of benzene rings is 3. The third-order valence-corrected chi connectivity index (χ3v) is 4.89. The zero-order valence-corrected chi connectivity index (χ0v) is 17.4. The molecule has 0 aromatic heterocycles. The summed E-state index contributed by atoms with van der Waals surface area (Å²) in [7, 11) is 3.07. The van der Waals surface area contributed by atoms with E-state index < -0.39 is 6.03 Å². The number of urea groups is 1. The van der Waals surface area contributed by atoms with Gasteiger partial charge in [0.05, 0.1) is 19.9 Å². The Bertz CT molecular complexity index is 1210. The zero-order chi connectivity index (χ0) is 22.7. The summed E-state index contributed by atoms with van der Waals surface area (Å²) >= 11 is 0. The molecule has 0 saturated heterocycles. The molecule has 0 bridgehead atoms. The molecule has 3 aromatic rings. The van der Waals surface area contributed by atoms with Crippen molar-refractivity contribution in [3.63, 3.8) is 0 Å². The lowest BCUT2D eigenvalue weighted by Crippen LogP contribution is -2.19. The van der Waals surface area contributed by atoms with Gasteiger partial charge in [0.25, 0.3) is 5.91 Å². The Labute approximate surface area is 183 Å². The van der Waals surface area contributed by atoms with Crippen LogP contribution >= 0.6 is 0 Å². The number of fused-ring (bicyclic) bond motifs is 1. The Morgan fingerprint density at radius 1 is 0.906 bits per heavy atom. The van der Waals surface area contributed by atoms with Gasteiger partial charge in [-0.1, -0.05) is 12.1 Å². The van der Waals surface area contributed by atoms with E-state index in [4.69, 9.17) is 9.47 Å². The lowest BCUT2D eigenvalue weighted by atomic mass is 10.0. The van der Waals surface area contributed by atoms with Crippen LogP contribution < -0.4 is 25.4 Å². The number of ether oxygens (including phenoxy) is 2. The van der Waals surface area contributed by atoms with E-state index in [-0.39, 0.29) is 11.7 Å². The number of methoxy groups -OCH3 is 2. The van der Waals surface area contributed by atoms with Gasteiger partial charge >= 0.3 is 6.03 Å². The van der Waals surface area contributed by atoms with E-state index in [1.165, 1.54) is 38.5 Å². The number of anilines is 3. The number of nitrogens with one attached hydrogen (secondary N) is 3. The molecule has 3 N–H and O–H groups in total. The number of carbonyl (C=O) groups is 2. The monoisotopic (exact) mass is 433 g/mol. The minimum absolute atomic E-state index is 0.226. The first-order chi connectivity index (χ1) is 15.5. The quantitative estimate of drug-likeness (QED) is 0.495. The van der Waals surface area contributed by atoms with Crippen LogP contribution in [0.15, 0.2) is 60.7 Å². The van der Waals surface area contributed by atoms with Gasteiger partial charge in [-0.05, 0) is 54.1 Å². The highest BCUT2D eigenvalue weighted by molar-refractivity contribution is 6.35. The molecule has 7 nitrogen and oxygen atoms in total. The number of carbonyl (C=O) groups excluding carboxylic acids is 2. The van der Waals surface area contributed by atoms with E-state index in [2.05, 4.69) is 16.0 Å².